The second-order valence-electron chi connectivity index (χ2n) is 7.16. The Bertz CT molecular complexity index is 1240. The molecule has 4 rings (SSSR count). The van der Waals surface area contributed by atoms with E-state index in [2.05, 4.69) is 5.32 Å². The Morgan fingerprint density at radius 1 is 1.03 bits per heavy atom. The quantitative estimate of drug-likeness (QED) is 0.267. The van der Waals surface area contributed by atoms with Crippen molar-refractivity contribution in [3.63, 3.8) is 0 Å². The highest BCUT2D eigenvalue weighted by Gasteiger charge is 2.38. The number of benzene rings is 3. The van der Waals surface area contributed by atoms with Crippen molar-refractivity contribution < 1.29 is 14.5 Å². The molecule has 2 amide bonds. The molecule has 7 nitrogen and oxygen atoms in total. The van der Waals surface area contributed by atoms with Gasteiger partial charge in [0.1, 0.15) is 0 Å². The van der Waals surface area contributed by atoms with Crippen LogP contribution in [0.25, 0.3) is 0 Å². The van der Waals surface area contributed by atoms with Crippen molar-refractivity contribution in [3.05, 3.63) is 116 Å². The van der Waals surface area contributed by atoms with Gasteiger partial charge in [0.2, 0.25) is 0 Å². The van der Waals surface area contributed by atoms with Crippen molar-refractivity contribution in [1.29, 1.82) is 0 Å². The molecule has 0 aromatic heterocycles. The Morgan fingerprint density at radius 2 is 1.67 bits per heavy atom. The van der Waals surface area contributed by atoms with Gasteiger partial charge in [-0.05, 0) is 60.4 Å². The second-order valence-corrected chi connectivity index (χ2v) is 8.39. The Morgan fingerprint density at radius 3 is 2.24 bits per heavy atom. The molecular weight excluding hydrogens is 462 g/mol. The summed E-state index contributed by atoms with van der Waals surface area (Å²) < 4.78 is 0. The van der Waals surface area contributed by atoms with E-state index in [-0.39, 0.29) is 11.5 Å². The molecule has 0 bridgehead atoms. The van der Waals surface area contributed by atoms with Gasteiger partial charge in [-0.3, -0.25) is 19.8 Å². The molecule has 0 radical (unpaired) electrons. The number of para-hydroxylation sites is 1. The van der Waals surface area contributed by atoms with Gasteiger partial charge in [-0.15, -0.1) is 11.8 Å². The van der Waals surface area contributed by atoms with Gasteiger partial charge in [0.25, 0.3) is 5.69 Å². The maximum absolute atomic E-state index is 13.7. The number of carbonyl (C=O) groups is 2. The first kappa shape index (κ1) is 22.6. The van der Waals surface area contributed by atoms with Crippen LogP contribution in [0.2, 0.25) is 5.02 Å². The zero-order valence-corrected chi connectivity index (χ0v) is 19.0. The van der Waals surface area contributed by atoms with Gasteiger partial charge in [-0.25, -0.2) is 4.79 Å². The lowest BCUT2D eigenvalue weighted by molar-refractivity contribution is -0.384. The van der Waals surface area contributed by atoms with Crippen molar-refractivity contribution >= 4 is 46.6 Å². The minimum atomic E-state index is -0.788. The van der Waals surface area contributed by atoms with Crippen molar-refractivity contribution in [3.8, 4) is 0 Å². The van der Waals surface area contributed by atoms with E-state index in [1.165, 1.54) is 28.8 Å². The molecule has 9 heteroatoms. The topological polar surface area (TPSA) is 92.5 Å². The number of anilines is 1. The smallest absolute Gasteiger partial charge is 0.326 e. The molecule has 3 aromatic carbocycles. The summed E-state index contributed by atoms with van der Waals surface area (Å²) in [5, 5.41) is 15.0. The SMILES string of the molecule is CSC1=C(C(=O)c2ccc(Cl)cc2)C(c2ccc([N+](=O)[O-])cc2)NC(=O)N1c1ccccc1. The van der Waals surface area contributed by atoms with E-state index in [0.717, 1.165) is 0 Å². The van der Waals surface area contributed by atoms with Gasteiger partial charge in [-0.1, -0.05) is 29.8 Å². The lowest BCUT2D eigenvalue weighted by Crippen LogP contribution is -2.48. The standard InChI is InChI=1S/C24H18ClN3O4S/c1-33-23-20(22(29)16-7-11-17(25)12-8-16)21(15-9-13-19(14-10-15)28(31)32)26-24(30)27(23)18-5-3-2-4-6-18/h2-14,21H,1H3,(H,26,30). The Labute approximate surface area is 199 Å². The van der Waals surface area contributed by atoms with E-state index >= 15 is 0 Å². The summed E-state index contributed by atoms with van der Waals surface area (Å²) in [7, 11) is 0. The molecule has 1 N–H and O–H groups in total. The molecule has 0 saturated heterocycles. The number of Topliss-reactive ketones (excluding diaryl/α,β-unsaturated/α-hetero) is 1. The summed E-state index contributed by atoms with van der Waals surface area (Å²) in [6.45, 7) is 0. The van der Waals surface area contributed by atoms with E-state index < -0.39 is 17.0 Å². The van der Waals surface area contributed by atoms with Crippen LogP contribution in [0.1, 0.15) is 22.0 Å². The molecule has 1 aliphatic heterocycles. The van der Waals surface area contributed by atoms with E-state index in [4.69, 9.17) is 11.6 Å². The number of nitrogens with one attached hydrogen (secondary N) is 1. The Kier molecular flexibility index (Phi) is 6.48. The van der Waals surface area contributed by atoms with Crippen LogP contribution in [0.5, 0.6) is 0 Å². The number of amides is 2. The molecule has 166 valence electrons. The monoisotopic (exact) mass is 479 g/mol. The number of thioether (sulfide) groups is 1. The Balaban J connectivity index is 1.90. The fourth-order valence-corrected chi connectivity index (χ4v) is 4.56. The van der Waals surface area contributed by atoms with Crippen LogP contribution in [0.4, 0.5) is 16.2 Å². The second kappa shape index (κ2) is 9.48. The molecule has 0 spiro atoms. The highest BCUT2D eigenvalue weighted by Crippen LogP contribution is 2.39. The lowest BCUT2D eigenvalue weighted by Gasteiger charge is -2.36. The molecule has 1 heterocycles. The number of hydrogen-bond donors (Lipinski definition) is 1. The number of urea groups is 1. The summed E-state index contributed by atoms with van der Waals surface area (Å²) in [6.07, 6.45) is 1.80. The van der Waals surface area contributed by atoms with Crippen LogP contribution in [-0.4, -0.2) is 23.0 Å². The summed E-state index contributed by atoms with van der Waals surface area (Å²) in [6, 6.07) is 20.2. The highest BCUT2D eigenvalue weighted by atomic mass is 35.5. The van der Waals surface area contributed by atoms with Crippen LogP contribution in [0, 0.1) is 10.1 Å². The van der Waals surface area contributed by atoms with Crippen LogP contribution in [-0.2, 0) is 0 Å². The van der Waals surface area contributed by atoms with Gasteiger partial charge >= 0.3 is 6.03 Å². The molecule has 1 unspecified atom stereocenters. The predicted octanol–water partition coefficient (Wildman–Crippen LogP) is 5.98. The summed E-state index contributed by atoms with van der Waals surface area (Å²) >= 11 is 7.28. The number of rotatable bonds is 6. The lowest BCUT2D eigenvalue weighted by atomic mass is 9.91. The average Bonchev–Trinajstić information content (AvgIpc) is 2.84. The van der Waals surface area contributed by atoms with Gasteiger partial charge in [0, 0.05) is 22.7 Å². The minimum absolute atomic E-state index is 0.0774. The third-order valence-electron chi connectivity index (χ3n) is 5.19. The van der Waals surface area contributed by atoms with Crippen molar-refractivity contribution in [2.75, 3.05) is 11.2 Å². The number of carbonyl (C=O) groups excluding carboxylic acids is 2. The largest absolute Gasteiger partial charge is 0.327 e. The first-order valence-electron chi connectivity index (χ1n) is 9.89. The normalized spacial score (nSPS) is 15.9. The minimum Gasteiger partial charge on any atom is -0.326 e. The zero-order chi connectivity index (χ0) is 23.5. The fraction of sp³-hybridized carbons (Fsp3) is 0.0833. The summed E-state index contributed by atoms with van der Waals surface area (Å²) in [5.41, 5.74) is 1.87. The number of ketones is 1. The number of nitro groups is 1. The number of nitro benzene ring substituents is 1. The Hall–Kier alpha value is -3.62. The van der Waals surface area contributed by atoms with Crippen LogP contribution < -0.4 is 10.2 Å². The number of halogens is 1. The number of non-ortho nitro benzene ring substituents is 1. The molecule has 0 fully saturated rings. The van der Waals surface area contributed by atoms with E-state index in [9.17, 15) is 19.7 Å². The third kappa shape index (κ3) is 4.48. The van der Waals surface area contributed by atoms with Crippen LogP contribution in [0.15, 0.2) is 89.5 Å². The number of hydrogen-bond acceptors (Lipinski definition) is 5. The van der Waals surface area contributed by atoms with Crippen LogP contribution in [0.3, 0.4) is 0 Å². The zero-order valence-electron chi connectivity index (χ0n) is 17.4. The van der Waals surface area contributed by atoms with Gasteiger partial charge < -0.3 is 5.32 Å². The highest BCUT2D eigenvalue weighted by molar-refractivity contribution is 8.02. The maximum atomic E-state index is 13.7. The number of nitrogens with zero attached hydrogens (tertiary/aromatic N) is 2. The van der Waals surface area contributed by atoms with E-state index in [0.29, 0.717) is 32.4 Å². The maximum Gasteiger partial charge on any atom is 0.327 e. The van der Waals surface area contributed by atoms with Gasteiger partial charge in [0.05, 0.1) is 27.3 Å². The van der Waals surface area contributed by atoms with Gasteiger partial charge in [0.15, 0.2) is 5.78 Å². The third-order valence-corrected chi connectivity index (χ3v) is 6.23. The first-order chi connectivity index (χ1) is 15.9. The average molecular weight is 480 g/mol. The van der Waals surface area contributed by atoms with Gasteiger partial charge in [-0.2, -0.15) is 0 Å². The molecule has 0 aliphatic carbocycles. The summed E-state index contributed by atoms with van der Waals surface area (Å²) in [5.74, 6) is -0.277. The van der Waals surface area contributed by atoms with Crippen molar-refractivity contribution in [2.24, 2.45) is 0 Å². The van der Waals surface area contributed by atoms with E-state index in [1.807, 2.05) is 18.2 Å². The molecule has 1 atom stereocenters. The van der Waals surface area contributed by atoms with Crippen LogP contribution >= 0.6 is 23.4 Å². The first-order valence-corrected chi connectivity index (χ1v) is 11.5. The van der Waals surface area contributed by atoms with E-state index in [1.54, 1.807) is 54.8 Å². The summed E-state index contributed by atoms with van der Waals surface area (Å²) in [4.78, 5) is 39.0. The molecular formula is C24H18ClN3O4S. The molecule has 1 aliphatic rings. The van der Waals surface area contributed by atoms with Crippen molar-refractivity contribution in [2.45, 2.75) is 6.04 Å². The fourth-order valence-electron chi connectivity index (χ4n) is 3.63. The molecule has 0 saturated carbocycles. The molecule has 3 aromatic rings. The predicted molar refractivity (Wildman–Crippen MR) is 130 cm³/mol. The molecule has 33 heavy (non-hydrogen) atoms. The van der Waals surface area contributed by atoms with Crippen molar-refractivity contribution in [1.82, 2.24) is 5.32 Å².